The van der Waals surface area contributed by atoms with Gasteiger partial charge >= 0.3 is 0 Å². The third-order valence-corrected chi connectivity index (χ3v) is 2.84. The summed E-state index contributed by atoms with van der Waals surface area (Å²) in [4.78, 5) is 20.1. The smallest absolute Gasteiger partial charge is 0.270 e. The second-order valence-corrected chi connectivity index (χ2v) is 4.54. The van der Waals surface area contributed by atoms with Gasteiger partial charge in [-0.15, -0.1) is 0 Å². The fourth-order valence-corrected chi connectivity index (χ4v) is 1.94. The summed E-state index contributed by atoms with van der Waals surface area (Å²) >= 11 is 0. The fourth-order valence-electron chi connectivity index (χ4n) is 1.94. The number of amides is 1. The molecular weight excluding hydrogens is 257 g/mol. The van der Waals surface area contributed by atoms with Crippen LogP contribution in [-0.2, 0) is 6.42 Å². The number of nitrogens with one attached hydrogen (secondary N) is 1. The first-order valence-corrected chi connectivity index (χ1v) is 6.40. The molecule has 5 heteroatoms. The standard InChI is InChI=1S/C15H16FN3O/c1-10-9-14(19-11(2)18-10)15(20)17-8-7-12-5-3-4-6-13(12)16/h3-6,9H,7-8H2,1-2H3,(H,17,20). The lowest BCUT2D eigenvalue weighted by Gasteiger charge is -2.06. The van der Waals surface area contributed by atoms with Gasteiger partial charge in [0.15, 0.2) is 0 Å². The van der Waals surface area contributed by atoms with Crippen molar-refractivity contribution in [3.05, 3.63) is 58.9 Å². The SMILES string of the molecule is Cc1cc(C(=O)NCCc2ccccc2F)nc(C)n1. The number of halogens is 1. The second-order valence-electron chi connectivity index (χ2n) is 4.54. The van der Waals surface area contributed by atoms with Gasteiger partial charge in [-0.3, -0.25) is 4.79 Å². The molecule has 1 aromatic heterocycles. The molecule has 1 N–H and O–H groups in total. The third kappa shape index (κ3) is 3.60. The quantitative estimate of drug-likeness (QED) is 0.929. The molecule has 0 spiro atoms. The molecule has 1 amide bonds. The molecule has 0 aliphatic rings. The van der Waals surface area contributed by atoms with Gasteiger partial charge in [0.25, 0.3) is 5.91 Å². The Morgan fingerprint density at radius 2 is 2.00 bits per heavy atom. The van der Waals surface area contributed by atoms with Crippen molar-refractivity contribution in [1.29, 1.82) is 0 Å². The predicted octanol–water partition coefficient (Wildman–Crippen LogP) is 2.21. The first-order valence-electron chi connectivity index (χ1n) is 6.40. The Kier molecular flexibility index (Phi) is 4.40. The normalized spacial score (nSPS) is 10.3. The van der Waals surface area contributed by atoms with E-state index in [-0.39, 0.29) is 11.7 Å². The minimum Gasteiger partial charge on any atom is -0.350 e. The molecule has 0 saturated heterocycles. The van der Waals surface area contributed by atoms with E-state index in [0.29, 0.717) is 30.0 Å². The van der Waals surface area contributed by atoms with E-state index in [2.05, 4.69) is 15.3 Å². The van der Waals surface area contributed by atoms with Crippen molar-refractivity contribution in [2.24, 2.45) is 0 Å². The maximum absolute atomic E-state index is 13.4. The molecule has 2 aromatic rings. The number of carbonyl (C=O) groups excluding carboxylic acids is 1. The summed E-state index contributed by atoms with van der Waals surface area (Å²) in [6, 6.07) is 8.17. The molecule has 1 aromatic carbocycles. The molecular formula is C15H16FN3O. The van der Waals surface area contributed by atoms with Gasteiger partial charge in [0.2, 0.25) is 0 Å². The van der Waals surface area contributed by atoms with E-state index in [1.165, 1.54) is 6.07 Å². The Balaban J connectivity index is 1.94. The number of hydrogen-bond acceptors (Lipinski definition) is 3. The highest BCUT2D eigenvalue weighted by molar-refractivity contribution is 5.92. The number of nitrogens with zero attached hydrogens (tertiary/aromatic N) is 2. The van der Waals surface area contributed by atoms with Crippen molar-refractivity contribution in [2.75, 3.05) is 6.54 Å². The molecule has 0 radical (unpaired) electrons. The van der Waals surface area contributed by atoms with Gasteiger partial charge in [0.05, 0.1) is 0 Å². The van der Waals surface area contributed by atoms with Crippen molar-refractivity contribution >= 4 is 5.91 Å². The van der Waals surface area contributed by atoms with E-state index in [4.69, 9.17) is 0 Å². The van der Waals surface area contributed by atoms with Gasteiger partial charge < -0.3 is 5.32 Å². The van der Waals surface area contributed by atoms with E-state index >= 15 is 0 Å². The molecule has 20 heavy (non-hydrogen) atoms. The van der Waals surface area contributed by atoms with Gasteiger partial charge in [-0.1, -0.05) is 18.2 Å². The van der Waals surface area contributed by atoms with Crippen LogP contribution in [0.3, 0.4) is 0 Å². The number of benzene rings is 1. The molecule has 0 aliphatic carbocycles. The molecule has 0 bridgehead atoms. The maximum Gasteiger partial charge on any atom is 0.270 e. The molecule has 1 heterocycles. The van der Waals surface area contributed by atoms with Crippen molar-refractivity contribution in [2.45, 2.75) is 20.3 Å². The van der Waals surface area contributed by atoms with Gasteiger partial charge in [-0.05, 0) is 38.0 Å². The van der Waals surface area contributed by atoms with Crippen LogP contribution in [0.4, 0.5) is 4.39 Å². The first-order chi connectivity index (χ1) is 9.56. The highest BCUT2D eigenvalue weighted by Crippen LogP contribution is 2.06. The van der Waals surface area contributed by atoms with Gasteiger partial charge in [-0.25, -0.2) is 14.4 Å². The average molecular weight is 273 g/mol. The predicted molar refractivity (Wildman–Crippen MR) is 73.9 cm³/mol. The lowest BCUT2D eigenvalue weighted by Crippen LogP contribution is -2.27. The van der Waals surface area contributed by atoms with Crippen molar-refractivity contribution in [3.8, 4) is 0 Å². The summed E-state index contributed by atoms with van der Waals surface area (Å²) in [6.07, 6.45) is 0.446. The van der Waals surface area contributed by atoms with Gasteiger partial charge in [0.1, 0.15) is 17.3 Å². The van der Waals surface area contributed by atoms with Crippen molar-refractivity contribution in [3.63, 3.8) is 0 Å². The topological polar surface area (TPSA) is 54.9 Å². The second kappa shape index (κ2) is 6.23. The van der Waals surface area contributed by atoms with Gasteiger partial charge in [-0.2, -0.15) is 0 Å². The summed E-state index contributed by atoms with van der Waals surface area (Å²) < 4.78 is 13.4. The molecule has 0 aliphatic heterocycles. The fraction of sp³-hybridized carbons (Fsp3) is 0.267. The van der Waals surface area contributed by atoms with Crippen LogP contribution in [0.5, 0.6) is 0 Å². The van der Waals surface area contributed by atoms with E-state index < -0.39 is 0 Å². The number of aryl methyl sites for hydroxylation is 2. The van der Waals surface area contributed by atoms with Crippen LogP contribution in [0, 0.1) is 19.7 Å². The summed E-state index contributed by atoms with van der Waals surface area (Å²) in [5.41, 5.74) is 1.67. The summed E-state index contributed by atoms with van der Waals surface area (Å²) in [6.45, 7) is 3.91. The number of carbonyl (C=O) groups is 1. The monoisotopic (exact) mass is 273 g/mol. The zero-order valence-corrected chi connectivity index (χ0v) is 11.5. The van der Waals surface area contributed by atoms with E-state index in [0.717, 1.165) is 5.69 Å². The molecule has 2 rings (SSSR count). The van der Waals surface area contributed by atoms with Crippen LogP contribution in [0.15, 0.2) is 30.3 Å². The highest BCUT2D eigenvalue weighted by atomic mass is 19.1. The minimum atomic E-state index is -0.269. The summed E-state index contributed by atoms with van der Waals surface area (Å²) in [5, 5.41) is 2.73. The maximum atomic E-state index is 13.4. The van der Waals surface area contributed by atoms with Crippen LogP contribution >= 0.6 is 0 Å². The minimum absolute atomic E-state index is 0.254. The highest BCUT2D eigenvalue weighted by Gasteiger charge is 2.09. The van der Waals surface area contributed by atoms with Crippen molar-refractivity contribution in [1.82, 2.24) is 15.3 Å². The number of hydrogen-bond donors (Lipinski definition) is 1. The lowest BCUT2D eigenvalue weighted by atomic mass is 10.1. The van der Waals surface area contributed by atoms with Crippen LogP contribution in [0.1, 0.15) is 27.6 Å². The van der Waals surface area contributed by atoms with E-state index in [9.17, 15) is 9.18 Å². The summed E-state index contributed by atoms with van der Waals surface area (Å²) in [7, 11) is 0. The van der Waals surface area contributed by atoms with E-state index in [1.807, 2.05) is 6.92 Å². The molecule has 104 valence electrons. The molecule has 4 nitrogen and oxygen atoms in total. The zero-order valence-electron chi connectivity index (χ0n) is 11.5. The number of rotatable bonds is 4. The Hall–Kier alpha value is -2.30. The largest absolute Gasteiger partial charge is 0.350 e. The lowest BCUT2D eigenvalue weighted by molar-refractivity contribution is 0.0948. The molecule has 0 saturated carbocycles. The van der Waals surface area contributed by atoms with Crippen LogP contribution < -0.4 is 5.32 Å². The molecule has 0 fully saturated rings. The van der Waals surface area contributed by atoms with Crippen molar-refractivity contribution < 1.29 is 9.18 Å². The average Bonchev–Trinajstić information content (AvgIpc) is 2.39. The first kappa shape index (κ1) is 14.1. The Labute approximate surface area is 117 Å². The summed E-state index contributed by atoms with van der Waals surface area (Å²) in [5.74, 6) is 0.0367. The molecule has 0 atom stereocenters. The van der Waals surface area contributed by atoms with E-state index in [1.54, 1.807) is 31.2 Å². The van der Waals surface area contributed by atoms with Crippen LogP contribution in [0.25, 0.3) is 0 Å². The number of aromatic nitrogens is 2. The van der Waals surface area contributed by atoms with Gasteiger partial charge in [0, 0.05) is 12.2 Å². The Morgan fingerprint density at radius 3 is 2.70 bits per heavy atom. The Morgan fingerprint density at radius 1 is 1.25 bits per heavy atom. The Bertz CT molecular complexity index is 608. The van der Waals surface area contributed by atoms with Crippen LogP contribution in [0.2, 0.25) is 0 Å². The molecule has 0 unspecified atom stereocenters. The van der Waals surface area contributed by atoms with Crippen LogP contribution in [-0.4, -0.2) is 22.4 Å². The zero-order chi connectivity index (χ0) is 14.5. The third-order valence-electron chi connectivity index (χ3n) is 2.84.